The molecule has 2 amide bonds. The number of benzene rings is 2. The summed E-state index contributed by atoms with van der Waals surface area (Å²) in [5, 5.41) is 12.0. The van der Waals surface area contributed by atoms with Crippen molar-refractivity contribution in [3.8, 4) is 11.1 Å². The molecule has 2 aromatic carbocycles. The van der Waals surface area contributed by atoms with Crippen molar-refractivity contribution in [1.82, 2.24) is 10.2 Å². The first-order valence-corrected chi connectivity index (χ1v) is 11.9. The van der Waals surface area contributed by atoms with Crippen LogP contribution in [0, 0.1) is 0 Å². The van der Waals surface area contributed by atoms with Gasteiger partial charge >= 0.3 is 12.1 Å². The van der Waals surface area contributed by atoms with Gasteiger partial charge in [-0.15, -0.1) is 11.8 Å². The van der Waals surface area contributed by atoms with Gasteiger partial charge in [0, 0.05) is 31.8 Å². The second kappa shape index (κ2) is 10.3. The van der Waals surface area contributed by atoms with Crippen LogP contribution in [0.1, 0.15) is 23.5 Å². The third-order valence-electron chi connectivity index (χ3n) is 5.99. The largest absolute Gasteiger partial charge is 0.480 e. The number of carbonyl (C=O) groups is 3. The van der Waals surface area contributed by atoms with Crippen molar-refractivity contribution in [2.24, 2.45) is 0 Å². The van der Waals surface area contributed by atoms with Gasteiger partial charge in [-0.1, -0.05) is 48.5 Å². The van der Waals surface area contributed by atoms with Gasteiger partial charge in [0.25, 0.3) is 0 Å². The van der Waals surface area contributed by atoms with Crippen LogP contribution in [-0.4, -0.2) is 72.0 Å². The molecule has 0 bridgehead atoms. The molecule has 1 saturated heterocycles. The van der Waals surface area contributed by atoms with Crippen LogP contribution in [0.25, 0.3) is 11.1 Å². The molecule has 174 valence electrons. The number of thioether (sulfide) groups is 1. The van der Waals surface area contributed by atoms with Gasteiger partial charge in [0.05, 0.1) is 5.88 Å². The summed E-state index contributed by atoms with van der Waals surface area (Å²) >= 11 is 1.37. The standard InChI is InChI=1S/C24H26N2O6S/c1-31-11-10-20(22(27)26-14-33-13-21(26)23(28)29)25-24(30)32-12-19-17-8-4-2-6-15(17)16-7-3-5-9-18(16)19/h2-9,19-21H,10-14H2,1H3,(H,25,30)(H,28,29)/t20?,21-/m0/s1. The fourth-order valence-corrected chi connectivity index (χ4v) is 5.50. The van der Waals surface area contributed by atoms with Crippen molar-refractivity contribution < 1.29 is 29.0 Å². The molecule has 2 aliphatic rings. The molecule has 4 rings (SSSR count). The van der Waals surface area contributed by atoms with Gasteiger partial charge < -0.3 is 24.8 Å². The second-order valence-corrected chi connectivity index (χ2v) is 8.97. The van der Waals surface area contributed by atoms with Gasteiger partial charge in [-0.05, 0) is 22.3 Å². The molecular weight excluding hydrogens is 444 g/mol. The molecule has 2 N–H and O–H groups in total. The van der Waals surface area contributed by atoms with Gasteiger partial charge in [-0.25, -0.2) is 9.59 Å². The van der Waals surface area contributed by atoms with E-state index in [9.17, 15) is 19.5 Å². The van der Waals surface area contributed by atoms with E-state index >= 15 is 0 Å². The molecule has 8 nitrogen and oxygen atoms in total. The molecule has 0 radical (unpaired) electrons. The summed E-state index contributed by atoms with van der Waals surface area (Å²) < 4.78 is 10.6. The highest BCUT2D eigenvalue weighted by Gasteiger charge is 2.38. The van der Waals surface area contributed by atoms with Crippen LogP contribution in [0.15, 0.2) is 48.5 Å². The van der Waals surface area contributed by atoms with Gasteiger partial charge in [-0.3, -0.25) is 4.79 Å². The van der Waals surface area contributed by atoms with E-state index in [0.717, 1.165) is 22.3 Å². The third kappa shape index (κ3) is 4.84. The maximum Gasteiger partial charge on any atom is 0.407 e. The van der Waals surface area contributed by atoms with Crippen molar-refractivity contribution in [2.45, 2.75) is 24.4 Å². The average Bonchev–Trinajstić information content (AvgIpc) is 3.43. The predicted molar refractivity (Wildman–Crippen MR) is 124 cm³/mol. The van der Waals surface area contributed by atoms with E-state index in [-0.39, 0.29) is 31.4 Å². The lowest BCUT2D eigenvalue weighted by Gasteiger charge is -2.26. The van der Waals surface area contributed by atoms with E-state index in [1.165, 1.54) is 23.8 Å². The van der Waals surface area contributed by atoms with E-state index in [4.69, 9.17) is 9.47 Å². The van der Waals surface area contributed by atoms with E-state index in [1.54, 1.807) is 0 Å². The lowest BCUT2D eigenvalue weighted by Crippen LogP contribution is -2.52. The van der Waals surface area contributed by atoms with E-state index in [0.29, 0.717) is 5.75 Å². The van der Waals surface area contributed by atoms with Crippen molar-refractivity contribution in [1.29, 1.82) is 0 Å². The first kappa shape index (κ1) is 23.1. The van der Waals surface area contributed by atoms with Crippen LogP contribution in [0.5, 0.6) is 0 Å². The summed E-state index contributed by atoms with van der Waals surface area (Å²) in [4.78, 5) is 38.4. The normalized spacial score (nSPS) is 17.8. The number of aliphatic carboxylic acids is 1. The lowest BCUT2D eigenvalue weighted by molar-refractivity contribution is -0.148. The second-order valence-electron chi connectivity index (χ2n) is 7.97. The number of hydrogen-bond donors (Lipinski definition) is 2. The minimum absolute atomic E-state index is 0.0948. The summed E-state index contributed by atoms with van der Waals surface area (Å²) in [6.45, 7) is 0.362. The minimum atomic E-state index is -1.06. The van der Waals surface area contributed by atoms with Gasteiger partial charge in [0.1, 0.15) is 18.7 Å². The van der Waals surface area contributed by atoms with Gasteiger partial charge in [0.2, 0.25) is 5.91 Å². The van der Waals surface area contributed by atoms with E-state index in [1.807, 2.05) is 36.4 Å². The summed E-state index contributed by atoms with van der Waals surface area (Å²) in [6.07, 6.45) is -0.502. The number of fused-ring (bicyclic) bond motifs is 3. The Morgan fingerprint density at radius 3 is 2.36 bits per heavy atom. The fraction of sp³-hybridized carbons (Fsp3) is 0.375. The summed E-state index contributed by atoms with van der Waals surface area (Å²) in [6, 6.07) is 14.2. The number of hydrogen-bond acceptors (Lipinski definition) is 6. The maximum atomic E-state index is 13.0. The van der Waals surface area contributed by atoms with Crippen LogP contribution in [0.4, 0.5) is 4.79 Å². The quantitative estimate of drug-likeness (QED) is 0.611. The Kier molecular flexibility index (Phi) is 7.20. The van der Waals surface area contributed by atoms with Crippen molar-refractivity contribution in [3.63, 3.8) is 0 Å². The number of methoxy groups -OCH3 is 1. The summed E-state index contributed by atoms with van der Waals surface area (Å²) in [5.74, 6) is -1.00. The Labute approximate surface area is 196 Å². The zero-order valence-electron chi connectivity index (χ0n) is 18.2. The number of amides is 2. The number of nitrogens with zero attached hydrogens (tertiary/aromatic N) is 1. The Morgan fingerprint density at radius 2 is 1.76 bits per heavy atom. The molecule has 1 heterocycles. The highest BCUT2D eigenvalue weighted by Crippen LogP contribution is 2.44. The van der Waals surface area contributed by atoms with Crippen molar-refractivity contribution >= 4 is 29.7 Å². The molecule has 2 aromatic rings. The van der Waals surface area contributed by atoms with Crippen LogP contribution < -0.4 is 5.32 Å². The molecule has 9 heteroatoms. The van der Waals surface area contributed by atoms with Gasteiger partial charge in [-0.2, -0.15) is 0 Å². The Morgan fingerprint density at radius 1 is 1.12 bits per heavy atom. The number of ether oxygens (including phenoxy) is 2. The first-order valence-electron chi connectivity index (χ1n) is 10.7. The Hall–Kier alpha value is -3.04. The van der Waals surface area contributed by atoms with Crippen LogP contribution in [0.2, 0.25) is 0 Å². The molecule has 1 aliphatic carbocycles. The number of carboxylic acid groups (broad SMARTS) is 1. The summed E-state index contributed by atoms with van der Waals surface area (Å²) in [5.41, 5.74) is 4.44. The average molecular weight is 471 g/mol. The molecule has 0 spiro atoms. The van der Waals surface area contributed by atoms with E-state index < -0.39 is 30.1 Å². The minimum Gasteiger partial charge on any atom is -0.480 e. The van der Waals surface area contributed by atoms with Crippen molar-refractivity contribution in [2.75, 3.05) is 32.0 Å². The monoisotopic (exact) mass is 470 g/mol. The highest BCUT2D eigenvalue weighted by molar-refractivity contribution is 7.99. The number of carbonyl (C=O) groups excluding carboxylic acids is 2. The van der Waals surface area contributed by atoms with Crippen LogP contribution in [-0.2, 0) is 19.1 Å². The van der Waals surface area contributed by atoms with Gasteiger partial charge in [0.15, 0.2) is 0 Å². The molecular formula is C24H26N2O6S. The fourth-order valence-electron chi connectivity index (χ4n) is 4.34. The smallest absolute Gasteiger partial charge is 0.407 e. The SMILES string of the molecule is COCCC(NC(=O)OCC1c2ccccc2-c2ccccc21)C(=O)N1CSC[C@H]1C(=O)O. The highest BCUT2D eigenvalue weighted by atomic mass is 32.2. The lowest BCUT2D eigenvalue weighted by atomic mass is 9.98. The number of rotatable bonds is 8. The summed E-state index contributed by atoms with van der Waals surface area (Å²) in [7, 11) is 1.50. The molecule has 2 atom stereocenters. The van der Waals surface area contributed by atoms with E-state index in [2.05, 4.69) is 17.4 Å². The number of nitrogens with one attached hydrogen (secondary N) is 1. The third-order valence-corrected chi connectivity index (χ3v) is 7.01. The van der Waals surface area contributed by atoms with Crippen LogP contribution in [0.3, 0.4) is 0 Å². The zero-order chi connectivity index (χ0) is 23.4. The molecule has 1 aliphatic heterocycles. The number of alkyl carbamates (subject to hydrolysis) is 1. The first-order chi connectivity index (χ1) is 16.0. The number of carboxylic acids is 1. The molecule has 1 fully saturated rings. The maximum absolute atomic E-state index is 13.0. The molecule has 1 unspecified atom stereocenters. The Bertz CT molecular complexity index is 1000. The zero-order valence-corrected chi connectivity index (χ0v) is 19.0. The van der Waals surface area contributed by atoms with Crippen molar-refractivity contribution in [3.05, 3.63) is 59.7 Å². The Balaban J connectivity index is 1.43. The molecule has 33 heavy (non-hydrogen) atoms. The topological polar surface area (TPSA) is 105 Å². The van der Waals surface area contributed by atoms with Crippen LogP contribution >= 0.6 is 11.8 Å². The predicted octanol–water partition coefficient (Wildman–Crippen LogP) is 2.92. The molecule has 0 saturated carbocycles. The molecule has 0 aromatic heterocycles.